The summed E-state index contributed by atoms with van der Waals surface area (Å²) in [6.07, 6.45) is 0. The molecular formula is C15H15BrO. The van der Waals surface area contributed by atoms with E-state index in [1.54, 1.807) is 7.11 Å². The number of methoxy groups -OCH3 is 1. The van der Waals surface area contributed by atoms with Gasteiger partial charge in [0.25, 0.3) is 0 Å². The summed E-state index contributed by atoms with van der Waals surface area (Å²) in [6, 6.07) is 16.7. The molecule has 0 heterocycles. The van der Waals surface area contributed by atoms with Gasteiger partial charge >= 0.3 is 0 Å². The standard InChI is InChI=1S/C15H15BrO/c1-11-10-13(8-9-14(11)17-2)15(16)12-6-4-3-5-7-12/h3-10,15H,1-2H3. The van der Waals surface area contributed by atoms with Gasteiger partial charge in [0, 0.05) is 0 Å². The third-order valence-electron chi connectivity index (χ3n) is 2.80. The highest BCUT2D eigenvalue weighted by Crippen LogP contribution is 2.32. The summed E-state index contributed by atoms with van der Waals surface area (Å²) >= 11 is 3.73. The first kappa shape index (κ1) is 12.2. The zero-order chi connectivity index (χ0) is 12.3. The Morgan fingerprint density at radius 2 is 1.71 bits per heavy atom. The molecular weight excluding hydrogens is 276 g/mol. The number of ether oxygens (including phenoxy) is 1. The Bertz CT molecular complexity index is 494. The minimum Gasteiger partial charge on any atom is -0.496 e. The van der Waals surface area contributed by atoms with Gasteiger partial charge in [0.05, 0.1) is 11.9 Å². The first-order valence-electron chi connectivity index (χ1n) is 5.56. The Hall–Kier alpha value is -1.28. The van der Waals surface area contributed by atoms with Crippen molar-refractivity contribution in [2.45, 2.75) is 11.8 Å². The van der Waals surface area contributed by atoms with Gasteiger partial charge in [-0.3, -0.25) is 0 Å². The van der Waals surface area contributed by atoms with Crippen molar-refractivity contribution in [2.75, 3.05) is 7.11 Å². The molecule has 88 valence electrons. The number of aryl methyl sites for hydroxylation is 1. The summed E-state index contributed by atoms with van der Waals surface area (Å²) < 4.78 is 5.27. The van der Waals surface area contributed by atoms with Gasteiger partial charge in [-0.2, -0.15) is 0 Å². The van der Waals surface area contributed by atoms with Crippen LogP contribution in [0.5, 0.6) is 5.75 Å². The number of rotatable bonds is 3. The molecule has 0 N–H and O–H groups in total. The average Bonchev–Trinajstić information content (AvgIpc) is 2.39. The predicted octanol–water partition coefficient (Wildman–Crippen LogP) is 4.49. The fourth-order valence-electron chi connectivity index (χ4n) is 1.87. The van der Waals surface area contributed by atoms with Crippen LogP contribution in [0.1, 0.15) is 21.5 Å². The van der Waals surface area contributed by atoms with Crippen LogP contribution < -0.4 is 4.74 Å². The van der Waals surface area contributed by atoms with E-state index in [2.05, 4.69) is 59.3 Å². The lowest BCUT2D eigenvalue weighted by atomic mass is 10.0. The molecule has 2 aromatic carbocycles. The van der Waals surface area contributed by atoms with Crippen LogP contribution in [-0.2, 0) is 0 Å². The predicted molar refractivity (Wildman–Crippen MR) is 74.9 cm³/mol. The van der Waals surface area contributed by atoms with Crippen molar-refractivity contribution in [3.63, 3.8) is 0 Å². The molecule has 0 radical (unpaired) electrons. The first-order chi connectivity index (χ1) is 8.22. The third-order valence-corrected chi connectivity index (χ3v) is 3.86. The van der Waals surface area contributed by atoms with Crippen LogP contribution in [0.2, 0.25) is 0 Å². The lowest BCUT2D eigenvalue weighted by Crippen LogP contribution is -1.94. The molecule has 1 unspecified atom stereocenters. The summed E-state index contributed by atoms with van der Waals surface area (Å²) in [7, 11) is 1.70. The minimum absolute atomic E-state index is 0.230. The van der Waals surface area contributed by atoms with Crippen molar-refractivity contribution in [1.29, 1.82) is 0 Å². The smallest absolute Gasteiger partial charge is 0.121 e. The highest BCUT2D eigenvalue weighted by Gasteiger charge is 2.11. The largest absolute Gasteiger partial charge is 0.496 e. The lowest BCUT2D eigenvalue weighted by molar-refractivity contribution is 0.411. The van der Waals surface area contributed by atoms with Crippen molar-refractivity contribution >= 4 is 15.9 Å². The molecule has 2 aromatic rings. The molecule has 0 spiro atoms. The normalized spacial score (nSPS) is 12.2. The molecule has 2 rings (SSSR count). The van der Waals surface area contributed by atoms with Gasteiger partial charge in [-0.05, 0) is 29.7 Å². The molecule has 1 nitrogen and oxygen atoms in total. The van der Waals surface area contributed by atoms with E-state index in [1.165, 1.54) is 11.1 Å². The molecule has 0 saturated carbocycles. The van der Waals surface area contributed by atoms with Gasteiger partial charge in [0.1, 0.15) is 5.75 Å². The Morgan fingerprint density at radius 3 is 2.29 bits per heavy atom. The topological polar surface area (TPSA) is 9.23 Å². The SMILES string of the molecule is COc1ccc(C(Br)c2ccccc2)cc1C. The monoisotopic (exact) mass is 290 g/mol. The van der Waals surface area contributed by atoms with Crippen LogP contribution in [0.4, 0.5) is 0 Å². The fourth-order valence-corrected chi connectivity index (χ4v) is 2.46. The van der Waals surface area contributed by atoms with Crippen LogP contribution in [0, 0.1) is 6.92 Å². The minimum atomic E-state index is 0.230. The van der Waals surface area contributed by atoms with E-state index in [9.17, 15) is 0 Å². The van der Waals surface area contributed by atoms with Gasteiger partial charge in [-0.15, -0.1) is 0 Å². The van der Waals surface area contributed by atoms with E-state index in [0.717, 1.165) is 11.3 Å². The van der Waals surface area contributed by atoms with Crippen molar-refractivity contribution in [3.05, 3.63) is 65.2 Å². The quantitative estimate of drug-likeness (QED) is 0.757. The van der Waals surface area contributed by atoms with Gasteiger partial charge < -0.3 is 4.74 Å². The van der Waals surface area contributed by atoms with E-state index >= 15 is 0 Å². The van der Waals surface area contributed by atoms with Gasteiger partial charge in [0.15, 0.2) is 0 Å². The van der Waals surface area contributed by atoms with Gasteiger partial charge in [-0.25, -0.2) is 0 Å². The molecule has 1 atom stereocenters. The zero-order valence-electron chi connectivity index (χ0n) is 9.98. The van der Waals surface area contributed by atoms with Crippen molar-refractivity contribution < 1.29 is 4.74 Å². The van der Waals surface area contributed by atoms with E-state index in [0.29, 0.717) is 0 Å². The number of benzene rings is 2. The molecule has 0 fully saturated rings. The second kappa shape index (κ2) is 5.37. The highest BCUT2D eigenvalue weighted by molar-refractivity contribution is 9.09. The van der Waals surface area contributed by atoms with E-state index < -0.39 is 0 Å². The van der Waals surface area contributed by atoms with E-state index in [-0.39, 0.29) is 4.83 Å². The third kappa shape index (κ3) is 2.70. The molecule has 2 heteroatoms. The molecule has 17 heavy (non-hydrogen) atoms. The van der Waals surface area contributed by atoms with E-state index in [4.69, 9.17) is 4.74 Å². The average molecular weight is 291 g/mol. The van der Waals surface area contributed by atoms with E-state index in [1.807, 2.05) is 12.1 Å². The van der Waals surface area contributed by atoms with Crippen LogP contribution in [-0.4, -0.2) is 7.11 Å². The van der Waals surface area contributed by atoms with Crippen LogP contribution in [0.25, 0.3) is 0 Å². The Labute approximate surface area is 111 Å². The maximum atomic E-state index is 5.27. The maximum Gasteiger partial charge on any atom is 0.121 e. The Kier molecular flexibility index (Phi) is 3.85. The van der Waals surface area contributed by atoms with Crippen molar-refractivity contribution in [3.8, 4) is 5.75 Å². The number of hydrogen-bond acceptors (Lipinski definition) is 1. The summed E-state index contributed by atoms with van der Waals surface area (Å²) in [5.74, 6) is 0.932. The Morgan fingerprint density at radius 1 is 1.00 bits per heavy atom. The zero-order valence-corrected chi connectivity index (χ0v) is 11.6. The molecule has 0 bridgehead atoms. The molecule has 0 aliphatic rings. The summed E-state index contributed by atoms with van der Waals surface area (Å²) in [5, 5.41) is 0. The van der Waals surface area contributed by atoms with Crippen LogP contribution in [0.3, 0.4) is 0 Å². The summed E-state index contributed by atoms with van der Waals surface area (Å²) in [6.45, 7) is 2.06. The fraction of sp³-hybridized carbons (Fsp3) is 0.200. The summed E-state index contributed by atoms with van der Waals surface area (Å²) in [4.78, 5) is 0.230. The van der Waals surface area contributed by atoms with Crippen molar-refractivity contribution in [1.82, 2.24) is 0 Å². The van der Waals surface area contributed by atoms with Crippen LogP contribution >= 0.6 is 15.9 Å². The molecule has 0 amide bonds. The molecule has 0 aliphatic carbocycles. The second-order valence-corrected chi connectivity index (χ2v) is 4.92. The number of alkyl halides is 1. The van der Waals surface area contributed by atoms with Crippen LogP contribution in [0.15, 0.2) is 48.5 Å². The molecule has 0 saturated heterocycles. The maximum absolute atomic E-state index is 5.27. The highest BCUT2D eigenvalue weighted by atomic mass is 79.9. The summed E-state index contributed by atoms with van der Waals surface area (Å²) in [5.41, 5.74) is 3.66. The second-order valence-electron chi connectivity index (χ2n) is 4.00. The van der Waals surface area contributed by atoms with Gasteiger partial charge in [0.2, 0.25) is 0 Å². The van der Waals surface area contributed by atoms with Gasteiger partial charge in [-0.1, -0.05) is 58.4 Å². The van der Waals surface area contributed by atoms with Crippen molar-refractivity contribution in [2.24, 2.45) is 0 Å². The molecule has 0 aliphatic heterocycles. The number of hydrogen-bond donors (Lipinski definition) is 0. The first-order valence-corrected chi connectivity index (χ1v) is 6.47. The number of halogens is 1. The Balaban J connectivity index is 2.32. The lowest BCUT2D eigenvalue weighted by Gasteiger charge is -2.13. The molecule has 0 aromatic heterocycles.